The number of carboxylic acid groups (broad SMARTS) is 1. The van der Waals surface area contributed by atoms with Crippen LogP contribution in [0.5, 0.6) is 0 Å². The van der Waals surface area contributed by atoms with Gasteiger partial charge in [0.05, 0.1) is 23.5 Å². The van der Waals surface area contributed by atoms with E-state index in [0.29, 0.717) is 19.5 Å². The molecule has 6 heteroatoms. The fraction of sp³-hybridized carbons (Fsp3) is 0.357. The fourth-order valence-corrected chi connectivity index (χ4v) is 2.60. The Balaban J connectivity index is 1.72. The smallest absolute Gasteiger partial charge is 0.308 e. The highest BCUT2D eigenvalue weighted by Gasteiger charge is 2.30. The topological polar surface area (TPSA) is 86.3 Å². The first kappa shape index (κ1) is 12.7. The molecule has 0 spiro atoms. The van der Waals surface area contributed by atoms with Gasteiger partial charge in [-0.1, -0.05) is 18.2 Å². The van der Waals surface area contributed by atoms with E-state index in [2.05, 4.69) is 10.2 Å². The zero-order valence-electron chi connectivity index (χ0n) is 10.9. The second kappa shape index (κ2) is 4.96. The minimum atomic E-state index is -0.827. The SMILES string of the molecule is O=C(O)C1CCN(C(=O)Cc2[nH]nc3ccccc23)C1. The number of aliphatic carboxylic acids is 1. The number of hydrogen-bond acceptors (Lipinski definition) is 3. The number of nitrogens with one attached hydrogen (secondary N) is 1. The van der Waals surface area contributed by atoms with Crippen LogP contribution in [-0.2, 0) is 16.0 Å². The van der Waals surface area contributed by atoms with Crippen molar-refractivity contribution in [2.24, 2.45) is 5.92 Å². The van der Waals surface area contributed by atoms with Gasteiger partial charge in [0.2, 0.25) is 5.91 Å². The van der Waals surface area contributed by atoms with E-state index in [1.54, 1.807) is 4.90 Å². The van der Waals surface area contributed by atoms with Crippen LogP contribution in [0.1, 0.15) is 12.1 Å². The highest BCUT2D eigenvalue weighted by molar-refractivity contribution is 5.87. The summed E-state index contributed by atoms with van der Waals surface area (Å²) in [5.74, 6) is -1.31. The second-order valence-corrected chi connectivity index (χ2v) is 5.06. The van der Waals surface area contributed by atoms with Crippen molar-refractivity contribution >= 4 is 22.8 Å². The Labute approximate surface area is 115 Å². The summed E-state index contributed by atoms with van der Waals surface area (Å²) < 4.78 is 0. The van der Waals surface area contributed by atoms with Gasteiger partial charge in [-0.05, 0) is 12.5 Å². The van der Waals surface area contributed by atoms with Crippen molar-refractivity contribution in [3.63, 3.8) is 0 Å². The normalized spacial score (nSPS) is 18.6. The molecule has 20 heavy (non-hydrogen) atoms. The van der Waals surface area contributed by atoms with E-state index in [9.17, 15) is 9.59 Å². The van der Waals surface area contributed by atoms with Gasteiger partial charge in [-0.25, -0.2) is 0 Å². The molecule has 0 saturated carbocycles. The molecule has 1 aromatic carbocycles. The molecule has 2 N–H and O–H groups in total. The number of amides is 1. The van der Waals surface area contributed by atoms with Gasteiger partial charge in [0.15, 0.2) is 0 Å². The van der Waals surface area contributed by atoms with Crippen LogP contribution in [0.2, 0.25) is 0 Å². The Morgan fingerprint density at radius 2 is 2.20 bits per heavy atom. The lowest BCUT2D eigenvalue weighted by Gasteiger charge is -2.15. The van der Waals surface area contributed by atoms with E-state index in [-0.39, 0.29) is 12.3 Å². The number of nitrogens with zero attached hydrogens (tertiary/aromatic N) is 2. The van der Waals surface area contributed by atoms with Crippen LogP contribution < -0.4 is 0 Å². The maximum absolute atomic E-state index is 12.2. The first-order chi connectivity index (χ1) is 9.65. The number of aromatic nitrogens is 2. The minimum absolute atomic E-state index is 0.0526. The number of aromatic amines is 1. The molecule has 1 fully saturated rings. The van der Waals surface area contributed by atoms with Crippen LogP contribution in [0.4, 0.5) is 0 Å². The third-order valence-corrected chi connectivity index (χ3v) is 3.76. The van der Waals surface area contributed by atoms with E-state index >= 15 is 0 Å². The summed E-state index contributed by atoms with van der Waals surface area (Å²) >= 11 is 0. The van der Waals surface area contributed by atoms with Crippen LogP contribution in [0.15, 0.2) is 24.3 Å². The van der Waals surface area contributed by atoms with Crippen molar-refractivity contribution in [1.29, 1.82) is 0 Å². The van der Waals surface area contributed by atoms with Crippen LogP contribution in [0.25, 0.3) is 10.9 Å². The lowest BCUT2D eigenvalue weighted by atomic mass is 10.1. The predicted octanol–water partition coefficient (Wildman–Crippen LogP) is 1.04. The number of H-pyrrole nitrogens is 1. The van der Waals surface area contributed by atoms with Gasteiger partial charge in [0.25, 0.3) is 0 Å². The number of para-hydroxylation sites is 1. The zero-order valence-corrected chi connectivity index (χ0v) is 10.9. The Hall–Kier alpha value is -2.37. The molecule has 104 valence electrons. The number of benzene rings is 1. The van der Waals surface area contributed by atoms with Gasteiger partial charge >= 0.3 is 5.97 Å². The number of fused-ring (bicyclic) bond motifs is 1. The van der Waals surface area contributed by atoms with Gasteiger partial charge in [-0.3, -0.25) is 14.7 Å². The highest BCUT2D eigenvalue weighted by Crippen LogP contribution is 2.20. The number of carbonyl (C=O) groups is 2. The van der Waals surface area contributed by atoms with Gasteiger partial charge in [-0.15, -0.1) is 0 Å². The number of rotatable bonds is 3. The summed E-state index contributed by atoms with van der Waals surface area (Å²) in [6.07, 6.45) is 0.762. The molecule has 1 aromatic heterocycles. The molecule has 1 atom stereocenters. The molecule has 3 rings (SSSR count). The zero-order chi connectivity index (χ0) is 14.1. The molecule has 1 amide bonds. The molecule has 2 aromatic rings. The molecule has 0 bridgehead atoms. The Morgan fingerprint density at radius 1 is 1.40 bits per heavy atom. The van der Waals surface area contributed by atoms with Crippen molar-refractivity contribution < 1.29 is 14.7 Å². The van der Waals surface area contributed by atoms with E-state index in [1.165, 1.54) is 0 Å². The minimum Gasteiger partial charge on any atom is -0.481 e. The number of carbonyl (C=O) groups excluding carboxylic acids is 1. The van der Waals surface area contributed by atoms with E-state index in [0.717, 1.165) is 16.6 Å². The first-order valence-electron chi connectivity index (χ1n) is 6.57. The van der Waals surface area contributed by atoms with Gasteiger partial charge in [-0.2, -0.15) is 5.10 Å². The van der Waals surface area contributed by atoms with Crippen molar-refractivity contribution in [2.75, 3.05) is 13.1 Å². The Kier molecular flexibility index (Phi) is 3.14. The Morgan fingerprint density at radius 3 is 2.95 bits per heavy atom. The molecular formula is C14H15N3O3. The maximum Gasteiger partial charge on any atom is 0.308 e. The van der Waals surface area contributed by atoms with Crippen LogP contribution in [-0.4, -0.2) is 45.2 Å². The molecule has 1 unspecified atom stereocenters. The van der Waals surface area contributed by atoms with E-state index < -0.39 is 11.9 Å². The third-order valence-electron chi connectivity index (χ3n) is 3.76. The van der Waals surface area contributed by atoms with Crippen molar-refractivity contribution in [2.45, 2.75) is 12.8 Å². The lowest BCUT2D eigenvalue weighted by molar-refractivity contribution is -0.141. The second-order valence-electron chi connectivity index (χ2n) is 5.06. The first-order valence-corrected chi connectivity index (χ1v) is 6.57. The van der Waals surface area contributed by atoms with Crippen LogP contribution in [0, 0.1) is 5.92 Å². The standard InChI is InChI=1S/C14H15N3O3/c18-13(17-6-5-9(8-17)14(19)20)7-12-10-3-1-2-4-11(10)15-16-12/h1-4,9H,5-8H2,(H,15,16)(H,19,20). The van der Waals surface area contributed by atoms with Crippen LogP contribution >= 0.6 is 0 Å². The summed E-state index contributed by atoms with van der Waals surface area (Å²) in [7, 11) is 0. The molecule has 6 nitrogen and oxygen atoms in total. The monoisotopic (exact) mass is 273 g/mol. The fourth-order valence-electron chi connectivity index (χ4n) is 2.60. The summed E-state index contributed by atoms with van der Waals surface area (Å²) in [5, 5.41) is 16.9. The molecule has 1 aliphatic heterocycles. The quantitative estimate of drug-likeness (QED) is 0.874. The van der Waals surface area contributed by atoms with Gasteiger partial charge in [0, 0.05) is 18.5 Å². The Bertz CT molecular complexity index is 664. The third kappa shape index (κ3) is 2.24. The van der Waals surface area contributed by atoms with E-state index in [1.807, 2.05) is 24.3 Å². The number of hydrogen-bond donors (Lipinski definition) is 2. The van der Waals surface area contributed by atoms with Crippen molar-refractivity contribution in [3.8, 4) is 0 Å². The van der Waals surface area contributed by atoms with Gasteiger partial charge in [0.1, 0.15) is 0 Å². The van der Waals surface area contributed by atoms with Crippen LogP contribution in [0.3, 0.4) is 0 Å². The maximum atomic E-state index is 12.2. The highest BCUT2D eigenvalue weighted by atomic mass is 16.4. The number of carboxylic acids is 1. The molecular weight excluding hydrogens is 258 g/mol. The largest absolute Gasteiger partial charge is 0.481 e. The van der Waals surface area contributed by atoms with Gasteiger partial charge < -0.3 is 10.0 Å². The summed E-state index contributed by atoms with van der Waals surface area (Å²) in [6.45, 7) is 0.822. The average Bonchev–Trinajstić information content (AvgIpc) is 3.06. The molecule has 2 heterocycles. The summed E-state index contributed by atoms with van der Waals surface area (Å²) in [6, 6.07) is 7.61. The molecule has 1 saturated heterocycles. The van der Waals surface area contributed by atoms with Crippen molar-refractivity contribution in [3.05, 3.63) is 30.0 Å². The molecule has 1 aliphatic rings. The lowest BCUT2D eigenvalue weighted by Crippen LogP contribution is -2.31. The summed E-state index contributed by atoms with van der Waals surface area (Å²) in [4.78, 5) is 24.7. The number of likely N-dealkylation sites (tertiary alicyclic amines) is 1. The summed E-state index contributed by atoms with van der Waals surface area (Å²) in [5.41, 5.74) is 1.62. The van der Waals surface area contributed by atoms with Crippen molar-refractivity contribution in [1.82, 2.24) is 15.1 Å². The van der Waals surface area contributed by atoms with E-state index in [4.69, 9.17) is 5.11 Å². The molecule has 0 aliphatic carbocycles. The average molecular weight is 273 g/mol. The molecule has 0 radical (unpaired) electrons. The predicted molar refractivity (Wildman–Crippen MR) is 72.1 cm³/mol.